The number of hydrogen-bond acceptors (Lipinski definition) is 4. The predicted octanol–water partition coefficient (Wildman–Crippen LogP) is 2.38. The summed E-state index contributed by atoms with van der Waals surface area (Å²) >= 11 is 0. The Morgan fingerprint density at radius 2 is 1.85 bits per heavy atom. The van der Waals surface area contributed by atoms with E-state index < -0.39 is 5.97 Å². The molecule has 0 fully saturated rings. The maximum Gasteiger partial charge on any atom is 0.355 e. The van der Waals surface area contributed by atoms with Crippen molar-refractivity contribution in [2.24, 2.45) is 0 Å². The molecular weight excluding hydrogens is 256 g/mol. The van der Waals surface area contributed by atoms with Gasteiger partial charge in [0, 0.05) is 17.3 Å². The summed E-state index contributed by atoms with van der Waals surface area (Å²) in [6.45, 7) is 11.4. The summed E-state index contributed by atoms with van der Waals surface area (Å²) in [6.07, 6.45) is 0. The molecular formula is C15H24N2O3. The molecule has 0 bridgehead atoms. The zero-order valence-electron chi connectivity index (χ0n) is 13.1. The van der Waals surface area contributed by atoms with Crippen LogP contribution in [0.15, 0.2) is 0 Å². The number of aromatic nitrogens is 1. The van der Waals surface area contributed by atoms with Gasteiger partial charge < -0.3 is 15.0 Å². The van der Waals surface area contributed by atoms with Gasteiger partial charge in [-0.25, -0.2) is 4.79 Å². The zero-order valence-corrected chi connectivity index (χ0v) is 13.1. The van der Waals surface area contributed by atoms with E-state index in [0.717, 1.165) is 0 Å². The molecule has 0 aliphatic heterocycles. The van der Waals surface area contributed by atoms with E-state index in [2.05, 4.69) is 10.3 Å². The smallest absolute Gasteiger partial charge is 0.355 e. The molecule has 0 saturated heterocycles. The highest BCUT2D eigenvalue weighted by atomic mass is 16.5. The van der Waals surface area contributed by atoms with Crippen LogP contribution in [-0.2, 0) is 4.74 Å². The molecule has 112 valence electrons. The van der Waals surface area contributed by atoms with Crippen LogP contribution in [-0.4, -0.2) is 35.4 Å². The number of aryl methyl sites for hydroxylation is 1. The van der Waals surface area contributed by atoms with Crippen LogP contribution in [0, 0.1) is 13.8 Å². The van der Waals surface area contributed by atoms with Gasteiger partial charge in [-0.2, -0.15) is 0 Å². The third-order valence-corrected chi connectivity index (χ3v) is 3.14. The fourth-order valence-corrected chi connectivity index (χ4v) is 2.32. The van der Waals surface area contributed by atoms with Crippen molar-refractivity contribution in [1.82, 2.24) is 10.3 Å². The number of hydrogen-bond donors (Lipinski definition) is 2. The number of carbonyl (C=O) groups is 2. The summed E-state index contributed by atoms with van der Waals surface area (Å²) in [5.74, 6) is -0.433. The van der Waals surface area contributed by atoms with Gasteiger partial charge in [0.25, 0.3) is 0 Å². The number of ketones is 1. The third kappa shape index (κ3) is 3.48. The number of carbonyl (C=O) groups excluding carboxylic acids is 2. The summed E-state index contributed by atoms with van der Waals surface area (Å²) in [5, 5.41) is 3.18. The van der Waals surface area contributed by atoms with Gasteiger partial charge in [-0.1, -0.05) is 13.8 Å². The number of H-pyrrole nitrogens is 1. The molecule has 1 aromatic heterocycles. The standard InChI is InChI=1S/C15H24N2O3/c1-7-20-15(19)13-9(4)12(10(5)17-13)14(18)11(6)16-8(2)3/h8,11,16-17H,7H2,1-6H3. The lowest BCUT2D eigenvalue weighted by molar-refractivity contribution is 0.0519. The number of esters is 1. The fraction of sp³-hybridized carbons (Fsp3) is 0.600. The average Bonchev–Trinajstić information content (AvgIpc) is 2.63. The minimum absolute atomic E-state index is 0.0134. The molecule has 0 aliphatic carbocycles. The van der Waals surface area contributed by atoms with E-state index in [1.807, 2.05) is 20.8 Å². The Morgan fingerprint density at radius 1 is 1.25 bits per heavy atom. The van der Waals surface area contributed by atoms with Crippen LogP contribution in [0.4, 0.5) is 0 Å². The molecule has 0 radical (unpaired) electrons. The summed E-state index contributed by atoms with van der Waals surface area (Å²) in [7, 11) is 0. The minimum atomic E-state index is -0.420. The fourth-order valence-electron chi connectivity index (χ4n) is 2.32. The second kappa shape index (κ2) is 6.70. The first-order valence-corrected chi connectivity index (χ1v) is 6.96. The van der Waals surface area contributed by atoms with Crippen molar-refractivity contribution in [3.8, 4) is 0 Å². The van der Waals surface area contributed by atoms with Crippen LogP contribution in [0.2, 0.25) is 0 Å². The van der Waals surface area contributed by atoms with Crippen molar-refractivity contribution < 1.29 is 14.3 Å². The molecule has 0 aliphatic rings. The van der Waals surface area contributed by atoms with Crippen molar-refractivity contribution in [3.63, 3.8) is 0 Å². The van der Waals surface area contributed by atoms with Crippen molar-refractivity contribution >= 4 is 11.8 Å². The summed E-state index contributed by atoms with van der Waals surface area (Å²) < 4.78 is 4.98. The Hall–Kier alpha value is -1.62. The van der Waals surface area contributed by atoms with Crippen molar-refractivity contribution in [2.45, 2.75) is 53.6 Å². The van der Waals surface area contributed by atoms with Crippen LogP contribution in [0.3, 0.4) is 0 Å². The van der Waals surface area contributed by atoms with Gasteiger partial charge in [0.2, 0.25) is 0 Å². The number of nitrogens with one attached hydrogen (secondary N) is 2. The average molecular weight is 280 g/mol. The Morgan fingerprint density at radius 3 is 2.35 bits per heavy atom. The van der Waals surface area contributed by atoms with Gasteiger partial charge in [-0.05, 0) is 33.3 Å². The van der Waals surface area contributed by atoms with Crippen molar-refractivity contribution in [3.05, 3.63) is 22.5 Å². The van der Waals surface area contributed by atoms with Gasteiger partial charge in [-0.3, -0.25) is 4.79 Å². The summed E-state index contributed by atoms with van der Waals surface area (Å²) in [5.41, 5.74) is 2.30. The Bertz CT molecular complexity index is 503. The van der Waals surface area contributed by atoms with Gasteiger partial charge in [0.05, 0.1) is 12.6 Å². The van der Waals surface area contributed by atoms with E-state index in [1.54, 1.807) is 20.8 Å². The lowest BCUT2D eigenvalue weighted by atomic mass is 10.0. The van der Waals surface area contributed by atoms with E-state index in [-0.39, 0.29) is 17.9 Å². The number of rotatable bonds is 6. The van der Waals surface area contributed by atoms with Crippen molar-refractivity contribution in [1.29, 1.82) is 0 Å². The quantitative estimate of drug-likeness (QED) is 0.620. The minimum Gasteiger partial charge on any atom is -0.461 e. The predicted molar refractivity (Wildman–Crippen MR) is 78.3 cm³/mol. The maximum atomic E-state index is 12.5. The molecule has 1 heterocycles. The van der Waals surface area contributed by atoms with E-state index >= 15 is 0 Å². The molecule has 5 nitrogen and oxygen atoms in total. The lowest BCUT2D eigenvalue weighted by Gasteiger charge is -2.16. The zero-order chi connectivity index (χ0) is 15.4. The first-order chi connectivity index (χ1) is 9.29. The topological polar surface area (TPSA) is 71.2 Å². The first-order valence-electron chi connectivity index (χ1n) is 6.96. The van der Waals surface area contributed by atoms with Crippen LogP contribution in [0.5, 0.6) is 0 Å². The molecule has 1 atom stereocenters. The third-order valence-electron chi connectivity index (χ3n) is 3.14. The number of ether oxygens (including phenoxy) is 1. The monoisotopic (exact) mass is 280 g/mol. The SMILES string of the molecule is CCOC(=O)c1[nH]c(C)c(C(=O)C(C)NC(C)C)c1C. The van der Waals surface area contributed by atoms with E-state index in [0.29, 0.717) is 29.1 Å². The largest absolute Gasteiger partial charge is 0.461 e. The molecule has 20 heavy (non-hydrogen) atoms. The molecule has 1 rings (SSSR count). The second-order valence-corrected chi connectivity index (χ2v) is 5.25. The molecule has 0 spiro atoms. The first kappa shape index (κ1) is 16.4. The highest BCUT2D eigenvalue weighted by Gasteiger charge is 2.25. The van der Waals surface area contributed by atoms with E-state index in [1.165, 1.54) is 0 Å². The Kier molecular flexibility index (Phi) is 5.51. The summed E-state index contributed by atoms with van der Waals surface area (Å²) in [4.78, 5) is 27.3. The molecule has 0 saturated carbocycles. The van der Waals surface area contributed by atoms with Crippen LogP contribution in [0.25, 0.3) is 0 Å². The number of Topliss-reactive ketones (excluding diaryl/α,β-unsaturated/α-hetero) is 1. The Balaban J connectivity index is 3.07. The van der Waals surface area contributed by atoms with Crippen molar-refractivity contribution in [2.75, 3.05) is 6.61 Å². The highest BCUT2D eigenvalue weighted by Crippen LogP contribution is 2.20. The van der Waals surface area contributed by atoms with Gasteiger partial charge in [-0.15, -0.1) is 0 Å². The van der Waals surface area contributed by atoms with Crippen LogP contribution >= 0.6 is 0 Å². The summed E-state index contributed by atoms with van der Waals surface area (Å²) in [6, 6.07) is -0.0729. The molecule has 1 unspecified atom stereocenters. The van der Waals surface area contributed by atoms with Crippen LogP contribution < -0.4 is 5.32 Å². The van der Waals surface area contributed by atoms with Gasteiger partial charge in [0.15, 0.2) is 5.78 Å². The van der Waals surface area contributed by atoms with Gasteiger partial charge >= 0.3 is 5.97 Å². The van der Waals surface area contributed by atoms with E-state index in [4.69, 9.17) is 4.74 Å². The Labute approximate surface area is 120 Å². The van der Waals surface area contributed by atoms with Crippen LogP contribution in [0.1, 0.15) is 59.8 Å². The van der Waals surface area contributed by atoms with Gasteiger partial charge in [0.1, 0.15) is 5.69 Å². The number of aromatic amines is 1. The molecule has 0 aromatic carbocycles. The maximum absolute atomic E-state index is 12.5. The molecule has 2 N–H and O–H groups in total. The molecule has 5 heteroatoms. The molecule has 1 aromatic rings. The second-order valence-electron chi connectivity index (χ2n) is 5.25. The highest BCUT2D eigenvalue weighted by molar-refractivity contribution is 6.05. The molecule has 0 amide bonds. The normalized spacial score (nSPS) is 12.6. The lowest BCUT2D eigenvalue weighted by Crippen LogP contribution is -2.38. The van der Waals surface area contributed by atoms with E-state index in [9.17, 15) is 9.59 Å².